The molecular formula is C14H19ClN2O3Si. The van der Waals surface area contributed by atoms with Crippen molar-refractivity contribution in [3.63, 3.8) is 0 Å². The van der Waals surface area contributed by atoms with Gasteiger partial charge in [0.2, 0.25) is 0 Å². The summed E-state index contributed by atoms with van der Waals surface area (Å²) in [5, 5.41) is 10.4. The normalized spacial score (nSPS) is 12.0. The van der Waals surface area contributed by atoms with Crippen molar-refractivity contribution in [3.8, 4) is 0 Å². The summed E-state index contributed by atoms with van der Waals surface area (Å²) in [6.45, 7) is 7.60. The number of fused-ring (bicyclic) bond motifs is 1. The van der Waals surface area contributed by atoms with Crippen LogP contribution in [0.2, 0.25) is 30.7 Å². The van der Waals surface area contributed by atoms with Gasteiger partial charge < -0.3 is 9.84 Å². The van der Waals surface area contributed by atoms with Crippen LogP contribution < -0.4 is 0 Å². The van der Waals surface area contributed by atoms with Gasteiger partial charge in [-0.15, -0.1) is 0 Å². The second-order valence-electron chi connectivity index (χ2n) is 6.14. The second kappa shape index (κ2) is 6.17. The Hall–Kier alpha value is -1.37. The molecule has 2 aromatic heterocycles. The summed E-state index contributed by atoms with van der Waals surface area (Å²) >= 11 is 6.09. The van der Waals surface area contributed by atoms with Gasteiger partial charge in [-0.05, 0) is 18.2 Å². The van der Waals surface area contributed by atoms with Crippen LogP contribution in [0.4, 0.5) is 0 Å². The summed E-state index contributed by atoms with van der Waals surface area (Å²) in [6.07, 6.45) is 1.56. The van der Waals surface area contributed by atoms with Gasteiger partial charge in [0.1, 0.15) is 18.1 Å². The summed E-state index contributed by atoms with van der Waals surface area (Å²) < 4.78 is 7.19. The first kappa shape index (κ1) is 16.0. The molecule has 7 heteroatoms. The SMILES string of the molecule is C[Si](C)(C)CCOCn1c(C(=O)O)cc2c(Cl)ccnc21. The van der Waals surface area contributed by atoms with Crippen molar-refractivity contribution in [2.45, 2.75) is 32.4 Å². The van der Waals surface area contributed by atoms with Crippen LogP contribution in [-0.2, 0) is 11.5 Å². The Morgan fingerprint density at radius 2 is 2.19 bits per heavy atom. The fourth-order valence-corrected chi connectivity index (χ4v) is 2.91. The van der Waals surface area contributed by atoms with Gasteiger partial charge in [-0.3, -0.25) is 4.57 Å². The maximum atomic E-state index is 11.4. The predicted octanol–water partition coefficient (Wildman–Crippen LogP) is 3.70. The van der Waals surface area contributed by atoms with E-state index in [-0.39, 0.29) is 12.4 Å². The second-order valence-corrected chi connectivity index (χ2v) is 12.2. The fraction of sp³-hybridized carbons (Fsp3) is 0.429. The van der Waals surface area contributed by atoms with Crippen molar-refractivity contribution in [2.75, 3.05) is 6.61 Å². The summed E-state index contributed by atoms with van der Waals surface area (Å²) in [5.41, 5.74) is 0.673. The molecule has 0 radical (unpaired) electrons. The molecule has 0 saturated heterocycles. The summed E-state index contributed by atoms with van der Waals surface area (Å²) in [7, 11) is -1.16. The third-order valence-electron chi connectivity index (χ3n) is 3.18. The van der Waals surface area contributed by atoms with E-state index < -0.39 is 14.0 Å². The number of ether oxygens (including phenoxy) is 1. The molecule has 0 aromatic carbocycles. The average Bonchev–Trinajstić information content (AvgIpc) is 2.74. The molecule has 0 bridgehead atoms. The Bertz CT molecular complexity index is 664. The van der Waals surface area contributed by atoms with E-state index in [4.69, 9.17) is 16.3 Å². The first-order valence-corrected chi connectivity index (χ1v) is 10.8. The zero-order valence-electron chi connectivity index (χ0n) is 12.4. The average molecular weight is 327 g/mol. The van der Waals surface area contributed by atoms with Crippen LogP contribution in [0.25, 0.3) is 11.0 Å². The summed E-state index contributed by atoms with van der Waals surface area (Å²) in [4.78, 5) is 15.6. The minimum Gasteiger partial charge on any atom is -0.477 e. The molecule has 0 aliphatic heterocycles. The van der Waals surface area contributed by atoms with Crippen LogP contribution >= 0.6 is 11.6 Å². The van der Waals surface area contributed by atoms with Crippen molar-refractivity contribution in [2.24, 2.45) is 0 Å². The lowest BCUT2D eigenvalue weighted by Crippen LogP contribution is -2.22. The lowest BCUT2D eigenvalue weighted by molar-refractivity contribution is 0.0629. The molecule has 0 spiro atoms. The Morgan fingerprint density at radius 1 is 1.48 bits per heavy atom. The molecule has 2 rings (SSSR count). The number of aromatic carboxylic acids is 1. The van der Waals surface area contributed by atoms with E-state index in [0.29, 0.717) is 22.7 Å². The Balaban J connectivity index is 2.23. The van der Waals surface area contributed by atoms with E-state index in [9.17, 15) is 9.90 Å². The van der Waals surface area contributed by atoms with Crippen molar-refractivity contribution in [3.05, 3.63) is 29.0 Å². The number of hydrogen-bond acceptors (Lipinski definition) is 3. The highest BCUT2D eigenvalue weighted by Crippen LogP contribution is 2.25. The molecule has 0 atom stereocenters. The number of aromatic nitrogens is 2. The van der Waals surface area contributed by atoms with Gasteiger partial charge in [-0.25, -0.2) is 9.78 Å². The molecule has 0 fully saturated rings. The third kappa shape index (κ3) is 3.84. The molecule has 0 aliphatic rings. The van der Waals surface area contributed by atoms with Gasteiger partial charge in [0.25, 0.3) is 0 Å². The van der Waals surface area contributed by atoms with Gasteiger partial charge in [0, 0.05) is 26.3 Å². The number of halogens is 1. The lowest BCUT2D eigenvalue weighted by atomic mass is 10.3. The van der Waals surface area contributed by atoms with E-state index in [1.54, 1.807) is 16.8 Å². The van der Waals surface area contributed by atoms with E-state index in [1.165, 1.54) is 6.07 Å². The maximum absolute atomic E-state index is 11.4. The summed E-state index contributed by atoms with van der Waals surface area (Å²) in [5.74, 6) is -1.02. The fourth-order valence-electron chi connectivity index (χ4n) is 1.96. The van der Waals surface area contributed by atoms with Crippen molar-refractivity contribution in [1.82, 2.24) is 9.55 Å². The lowest BCUT2D eigenvalue weighted by Gasteiger charge is -2.16. The van der Waals surface area contributed by atoms with Crippen molar-refractivity contribution in [1.29, 1.82) is 0 Å². The number of pyridine rings is 1. The highest BCUT2D eigenvalue weighted by Gasteiger charge is 2.18. The Labute approximate surface area is 129 Å². The molecule has 114 valence electrons. The largest absolute Gasteiger partial charge is 0.477 e. The number of hydrogen-bond donors (Lipinski definition) is 1. The topological polar surface area (TPSA) is 64.3 Å². The smallest absolute Gasteiger partial charge is 0.352 e. The van der Waals surface area contributed by atoms with Crippen molar-refractivity contribution >= 4 is 36.7 Å². The van der Waals surface area contributed by atoms with E-state index >= 15 is 0 Å². The molecule has 0 amide bonds. The molecule has 5 nitrogen and oxygen atoms in total. The van der Waals surface area contributed by atoms with Crippen LogP contribution in [0.5, 0.6) is 0 Å². The predicted molar refractivity (Wildman–Crippen MR) is 85.8 cm³/mol. The van der Waals surface area contributed by atoms with Gasteiger partial charge in [-0.1, -0.05) is 31.2 Å². The van der Waals surface area contributed by atoms with Crippen LogP contribution in [0.1, 0.15) is 10.5 Å². The van der Waals surface area contributed by atoms with Crippen LogP contribution in [-0.4, -0.2) is 35.3 Å². The highest BCUT2D eigenvalue weighted by atomic mass is 35.5. The Morgan fingerprint density at radius 3 is 2.81 bits per heavy atom. The monoisotopic (exact) mass is 326 g/mol. The zero-order valence-corrected chi connectivity index (χ0v) is 14.1. The number of nitrogens with zero attached hydrogens (tertiary/aromatic N) is 2. The number of carboxylic acid groups (broad SMARTS) is 1. The van der Waals surface area contributed by atoms with Crippen LogP contribution in [0.15, 0.2) is 18.3 Å². The van der Waals surface area contributed by atoms with Crippen LogP contribution in [0.3, 0.4) is 0 Å². The number of carbonyl (C=O) groups is 1. The van der Waals surface area contributed by atoms with Gasteiger partial charge in [0.05, 0.1) is 5.02 Å². The first-order valence-electron chi connectivity index (χ1n) is 6.74. The van der Waals surface area contributed by atoms with E-state index in [0.717, 1.165) is 6.04 Å². The van der Waals surface area contributed by atoms with E-state index in [1.807, 2.05) is 0 Å². The van der Waals surface area contributed by atoms with Crippen molar-refractivity contribution < 1.29 is 14.6 Å². The van der Waals surface area contributed by atoms with Gasteiger partial charge in [0.15, 0.2) is 0 Å². The standard InChI is InChI=1S/C14H19ClN2O3Si/c1-21(2,3)7-6-20-9-17-12(14(18)19)8-10-11(15)4-5-16-13(10)17/h4-5,8H,6-7,9H2,1-3H3,(H,18,19). The molecule has 0 saturated carbocycles. The van der Waals surface area contributed by atoms with Gasteiger partial charge in [-0.2, -0.15) is 0 Å². The van der Waals surface area contributed by atoms with E-state index in [2.05, 4.69) is 24.6 Å². The third-order valence-corrected chi connectivity index (χ3v) is 5.21. The number of rotatable bonds is 6. The van der Waals surface area contributed by atoms with Crippen LogP contribution in [0, 0.1) is 0 Å². The maximum Gasteiger partial charge on any atom is 0.352 e. The number of carboxylic acids is 1. The zero-order chi connectivity index (χ0) is 15.6. The quantitative estimate of drug-likeness (QED) is 0.649. The first-order chi connectivity index (χ1) is 9.79. The molecular weight excluding hydrogens is 308 g/mol. The molecule has 2 aromatic rings. The molecule has 2 heterocycles. The molecule has 0 aliphatic carbocycles. The molecule has 1 N–H and O–H groups in total. The Kier molecular flexibility index (Phi) is 4.70. The highest BCUT2D eigenvalue weighted by molar-refractivity contribution is 6.76. The minimum atomic E-state index is -1.16. The summed E-state index contributed by atoms with van der Waals surface area (Å²) in [6, 6.07) is 4.21. The molecule has 21 heavy (non-hydrogen) atoms. The van der Waals surface area contributed by atoms with Gasteiger partial charge >= 0.3 is 5.97 Å². The molecule has 0 unspecified atom stereocenters. The minimum absolute atomic E-state index is 0.138.